The molecule has 0 atom stereocenters. The van der Waals surface area contributed by atoms with E-state index < -0.39 is 11.6 Å². The van der Waals surface area contributed by atoms with E-state index in [1.165, 1.54) is 12.4 Å². The molecule has 3 aromatic rings. The lowest BCUT2D eigenvalue weighted by atomic mass is 10.2. The summed E-state index contributed by atoms with van der Waals surface area (Å²) in [6.07, 6.45) is 2.37. The summed E-state index contributed by atoms with van der Waals surface area (Å²) in [6, 6.07) is 2.14. The molecule has 0 spiro atoms. The van der Waals surface area contributed by atoms with Crippen molar-refractivity contribution in [3.63, 3.8) is 0 Å². The molecule has 2 heterocycles. The molecule has 0 saturated heterocycles. The van der Waals surface area contributed by atoms with Gasteiger partial charge in [-0.3, -0.25) is 0 Å². The molecule has 0 bridgehead atoms. The largest absolute Gasteiger partial charge is 0.358 e. The molecule has 0 amide bonds. The Morgan fingerprint density at radius 1 is 1.25 bits per heavy atom. The Kier molecular flexibility index (Phi) is 3.00. The van der Waals surface area contributed by atoms with E-state index in [1.54, 1.807) is 0 Å². The number of rotatable bonds is 3. The fraction of sp³-hybridized carbons (Fsp3) is 0.286. The van der Waals surface area contributed by atoms with Gasteiger partial charge in [0.05, 0.1) is 10.9 Å². The quantitative estimate of drug-likeness (QED) is 0.798. The van der Waals surface area contributed by atoms with Crippen molar-refractivity contribution in [2.75, 3.05) is 18.5 Å². The third kappa shape index (κ3) is 1.88. The molecule has 0 aliphatic carbocycles. The average Bonchev–Trinajstić information content (AvgIpc) is 2.76. The van der Waals surface area contributed by atoms with Gasteiger partial charge < -0.3 is 9.88 Å². The summed E-state index contributed by atoms with van der Waals surface area (Å²) < 4.78 is 27.3. The number of nitrogens with one attached hydrogen (secondary N) is 1. The highest BCUT2D eigenvalue weighted by atomic mass is 19.1. The molecule has 1 aromatic carbocycles. The van der Waals surface area contributed by atoms with E-state index >= 15 is 0 Å². The van der Waals surface area contributed by atoms with Crippen LogP contribution in [0.1, 0.15) is 13.3 Å². The van der Waals surface area contributed by atoms with Gasteiger partial charge in [0.15, 0.2) is 5.82 Å². The molecule has 104 valence electrons. The van der Waals surface area contributed by atoms with Gasteiger partial charge in [-0.05, 0) is 12.5 Å². The number of aromatic nitrogens is 3. The predicted molar refractivity (Wildman–Crippen MR) is 74.9 cm³/mol. The Bertz CT molecular complexity index is 782. The summed E-state index contributed by atoms with van der Waals surface area (Å²) in [7, 11) is 1.91. The second-order valence-corrected chi connectivity index (χ2v) is 4.78. The first-order chi connectivity index (χ1) is 9.61. The first-order valence-corrected chi connectivity index (χ1v) is 6.44. The lowest BCUT2D eigenvalue weighted by Crippen LogP contribution is -2.19. The summed E-state index contributed by atoms with van der Waals surface area (Å²) in [6.45, 7) is 2.88. The minimum absolute atomic E-state index is 0.301. The van der Waals surface area contributed by atoms with Gasteiger partial charge in [-0.2, -0.15) is 0 Å². The molecular weight excluding hydrogens is 262 g/mol. The Morgan fingerprint density at radius 2 is 2.05 bits per heavy atom. The smallest absolute Gasteiger partial charge is 0.156 e. The second kappa shape index (κ2) is 4.70. The summed E-state index contributed by atoms with van der Waals surface area (Å²) in [4.78, 5) is 13.4. The highest BCUT2D eigenvalue weighted by Gasteiger charge is 2.16. The van der Waals surface area contributed by atoms with Crippen LogP contribution in [0, 0.1) is 11.6 Å². The van der Waals surface area contributed by atoms with Crippen LogP contribution in [0.3, 0.4) is 0 Å². The molecule has 0 unspecified atom stereocenters. The van der Waals surface area contributed by atoms with Gasteiger partial charge in [-0.15, -0.1) is 0 Å². The monoisotopic (exact) mass is 276 g/mol. The zero-order chi connectivity index (χ0) is 14.3. The Labute approximate surface area is 114 Å². The van der Waals surface area contributed by atoms with Gasteiger partial charge in [0.1, 0.15) is 29.0 Å². The van der Waals surface area contributed by atoms with Crippen LogP contribution in [0.4, 0.5) is 14.6 Å². The number of anilines is 1. The van der Waals surface area contributed by atoms with Crippen molar-refractivity contribution in [3.05, 3.63) is 30.1 Å². The number of benzene rings is 1. The number of H-pyrrole nitrogens is 1. The van der Waals surface area contributed by atoms with Crippen LogP contribution in [0.2, 0.25) is 0 Å². The van der Waals surface area contributed by atoms with Crippen LogP contribution < -0.4 is 4.90 Å². The molecule has 2 aromatic heterocycles. The van der Waals surface area contributed by atoms with Crippen LogP contribution in [0.5, 0.6) is 0 Å². The second-order valence-electron chi connectivity index (χ2n) is 4.78. The first-order valence-electron chi connectivity index (χ1n) is 6.44. The van der Waals surface area contributed by atoms with E-state index in [-0.39, 0.29) is 0 Å². The van der Waals surface area contributed by atoms with Crippen LogP contribution in [-0.4, -0.2) is 28.5 Å². The zero-order valence-corrected chi connectivity index (χ0v) is 11.2. The predicted octanol–water partition coefficient (Wildman–Crippen LogP) is 3.24. The van der Waals surface area contributed by atoms with Crippen molar-refractivity contribution in [1.29, 1.82) is 0 Å². The third-order valence-electron chi connectivity index (χ3n) is 3.30. The summed E-state index contributed by atoms with van der Waals surface area (Å²) in [5.41, 5.74) is 1.50. The van der Waals surface area contributed by atoms with E-state index in [0.717, 1.165) is 19.0 Å². The van der Waals surface area contributed by atoms with E-state index in [9.17, 15) is 8.78 Å². The normalized spacial score (nSPS) is 11.4. The van der Waals surface area contributed by atoms with Gasteiger partial charge in [0, 0.05) is 19.7 Å². The van der Waals surface area contributed by atoms with Gasteiger partial charge in [-0.1, -0.05) is 6.92 Å². The topological polar surface area (TPSA) is 44.8 Å². The van der Waals surface area contributed by atoms with Crippen LogP contribution in [-0.2, 0) is 0 Å². The van der Waals surface area contributed by atoms with E-state index in [4.69, 9.17) is 0 Å². The maximum atomic E-state index is 14.0. The van der Waals surface area contributed by atoms with Crippen LogP contribution in [0.15, 0.2) is 18.5 Å². The van der Waals surface area contributed by atoms with Crippen molar-refractivity contribution in [3.8, 4) is 0 Å². The van der Waals surface area contributed by atoms with Crippen molar-refractivity contribution in [1.82, 2.24) is 15.0 Å². The van der Waals surface area contributed by atoms with E-state index in [0.29, 0.717) is 27.8 Å². The lowest BCUT2D eigenvalue weighted by Gasteiger charge is -2.17. The number of hydrogen-bond donors (Lipinski definition) is 1. The summed E-state index contributed by atoms with van der Waals surface area (Å²) >= 11 is 0. The van der Waals surface area contributed by atoms with Gasteiger partial charge in [0.2, 0.25) is 0 Å². The molecule has 0 radical (unpaired) electrons. The zero-order valence-electron chi connectivity index (χ0n) is 11.2. The number of hydrogen-bond acceptors (Lipinski definition) is 3. The third-order valence-corrected chi connectivity index (χ3v) is 3.30. The van der Waals surface area contributed by atoms with Crippen LogP contribution in [0.25, 0.3) is 21.9 Å². The summed E-state index contributed by atoms with van der Waals surface area (Å²) in [5, 5.41) is 0.301. The average molecular weight is 276 g/mol. The van der Waals surface area contributed by atoms with Crippen LogP contribution >= 0.6 is 0 Å². The molecule has 0 saturated carbocycles. The number of aromatic amines is 1. The van der Waals surface area contributed by atoms with Crippen molar-refractivity contribution < 1.29 is 8.78 Å². The maximum absolute atomic E-state index is 14.0. The number of halogens is 2. The highest BCUT2D eigenvalue weighted by molar-refractivity contribution is 6.08. The van der Waals surface area contributed by atoms with Crippen molar-refractivity contribution in [2.45, 2.75) is 13.3 Å². The highest BCUT2D eigenvalue weighted by Crippen LogP contribution is 2.30. The minimum atomic E-state index is -0.617. The minimum Gasteiger partial charge on any atom is -0.358 e. The Morgan fingerprint density at radius 3 is 2.80 bits per heavy atom. The van der Waals surface area contributed by atoms with Crippen molar-refractivity contribution >= 4 is 27.8 Å². The number of nitrogens with zero attached hydrogens (tertiary/aromatic N) is 3. The van der Waals surface area contributed by atoms with Crippen molar-refractivity contribution in [2.24, 2.45) is 0 Å². The molecule has 6 heteroatoms. The molecule has 3 rings (SSSR count). The van der Waals surface area contributed by atoms with E-state index in [2.05, 4.69) is 21.9 Å². The molecular formula is C14H14F2N4. The molecule has 0 aliphatic rings. The SMILES string of the molecule is CCCN(C)c1ncnc2c1[nH]c1cc(F)cc(F)c12. The molecule has 1 N–H and O–H groups in total. The summed E-state index contributed by atoms with van der Waals surface area (Å²) in [5.74, 6) is -0.542. The number of fused-ring (bicyclic) bond motifs is 3. The van der Waals surface area contributed by atoms with Gasteiger partial charge >= 0.3 is 0 Å². The molecule has 4 nitrogen and oxygen atoms in total. The van der Waals surface area contributed by atoms with Gasteiger partial charge in [-0.25, -0.2) is 18.7 Å². The first kappa shape index (κ1) is 12.8. The van der Waals surface area contributed by atoms with Gasteiger partial charge in [0.25, 0.3) is 0 Å². The maximum Gasteiger partial charge on any atom is 0.156 e. The Balaban J connectivity index is 2.33. The standard InChI is InChI=1S/C14H14F2N4/c1-3-4-20(2)14-13-12(17-7-18-14)11-9(16)5-8(15)6-10(11)19-13/h5-7,19H,3-4H2,1-2H3. The lowest BCUT2D eigenvalue weighted by molar-refractivity contribution is 0.592. The van der Waals surface area contributed by atoms with E-state index in [1.807, 2.05) is 11.9 Å². The Hall–Kier alpha value is -2.24. The molecule has 20 heavy (non-hydrogen) atoms. The molecule has 0 aliphatic heterocycles. The molecule has 0 fully saturated rings. The fourth-order valence-corrected chi connectivity index (χ4v) is 2.46. The fourth-order valence-electron chi connectivity index (χ4n) is 2.46.